The second kappa shape index (κ2) is 11.3. The van der Waals surface area contributed by atoms with Crippen LogP contribution in [0, 0.1) is 0 Å². The molecule has 0 radical (unpaired) electrons. The van der Waals surface area contributed by atoms with E-state index in [0.29, 0.717) is 5.92 Å². The molecule has 3 heteroatoms. The molecule has 1 N–H and O–H groups in total. The summed E-state index contributed by atoms with van der Waals surface area (Å²) in [7, 11) is 0. The van der Waals surface area contributed by atoms with Gasteiger partial charge in [0.05, 0.1) is 0 Å². The number of nitrogens with one attached hydrogen (secondary N) is 1. The molecule has 5 aromatic rings. The second-order valence-electron chi connectivity index (χ2n) is 9.42. The van der Waals surface area contributed by atoms with Crippen LogP contribution in [0.3, 0.4) is 0 Å². The summed E-state index contributed by atoms with van der Waals surface area (Å²) >= 11 is 12.3. The molecule has 5 aromatic carbocycles. The van der Waals surface area contributed by atoms with Crippen LogP contribution in [0.1, 0.15) is 29.5 Å². The fourth-order valence-corrected chi connectivity index (χ4v) is 5.04. The lowest BCUT2D eigenvalue weighted by Crippen LogP contribution is -2.33. The first kappa shape index (κ1) is 24.6. The summed E-state index contributed by atoms with van der Waals surface area (Å²) in [4.78, 5) is 0. The number of fused-ring (bicyclic) bond motifs is 1. The zero-order chi connectivity index (χ0) is 24.9. The Morgan fingerprint density at radius 3 is 1.83 bits per heavy atom. The highest BCUT2D eigenvalue weighted by Gasteiger charge is 2.20. The number of hydrogen-bond acceptors (Lipinski definition) is 1. The van der Waals surface area contributed by atoms with E-state index < -0.39 is 0 Å². The van der Waals surface area contributed by atoms with E-state index in [2.05, 4.69) is 103 Å². The highest BCUT2D eigenvalue weighted by molar-refractivity contribution is 6.30. The van der Waals surface area contributed by atoms with Crippen LogP contribution in [0.2, 0.25) is 10.0 Å². The molecular formula is C33H29Cl2N. The standard InChI is InChI=1S/C33H29Cl2N/c1-23(36-22-25-8-11-26-4-2-3-5-30(26)20-25)33(29-14-18-32(35)19-15-29)21-24-6-9-27(10-7-24)28-12-16-31(34)17-13-28/h2-20,23,33,36H,21-22H2,1H3. The Morgan fingerprint density at radius 1 is 0.611 bits per heavy atom. The zero-order valence-electron chi connectivity index (χ0n) is 20.3. The van der Waals surface area contributed by atoms with Gasteiger partial charge in [0.1, 0.15) is 0 Å². The third-order valence-corrected chi connectivity index (χ3v) is 7.43. The van der Waals surface area contributed by atoms with Crippen LogP contribution in [0.4, 0.5) is 0 Å². The minimum Gasteiger partial charge on any atom is -0.310 e. The molecule has 2 atom stereocenters. The van der Waals surface area contributed by atoms with Crippen molar-refractivity contribution in [3.05, 3.63) is 142 Å². The molecule has 0 bridgehead atoms. The fourth-order valence-electron chi connectivity index (χ4n) is 4.79. The number of hydrogen-bond donors (Lipinski definition) is 1. The molecule has 0 saturated carbocycles. The highest BCUT2D eigenvalue weighted by atomic mass is 35.5. The summed E-state index contributed by atoms with van der Waals surface area (Å²) in [5.41, 5.74) is 6.26. The Balaban J connectivity index is 1.33. The first-order valence-electron chi connectivity index (χ1n) is 12.4. The molecule has 0 fully saturated rings. The predicted molar refractivity (Wildman–Crippen MR) is 155 cm³/mol. The Labute approximate surface area is 223 Å². The first-order valence-corrected chi connectivity index (χ1v) is 13.1. The quantitative estimate of drug-likeness (QED) is 0.219. The van der Waals surface area contributed by atoms with E-state index in [0.717, 1.165) is 23.0 Å². The van der Waals surface area contributed by atoms with Crippen molar-refractivity contribution in [2.75, 3.05) is 0 Å². The van der Waals surface area contributed by atoms with Crippen molar-refractivity contribution in [1.82, 2.24) is 5.32 Å². The molecule has 180 valence electrons. The van der Waals surface area contributed by atoms with E-state index >= 15 is 0 Å². The van der Waals surface area contributed by atoms with E-state index in [1.54, 1.807) is 0 Å². The molecule has 1 nitrogen and oxygen atoms in total. The second-order valence-corrected chi connectivity index (χ2v) is 10.3. The van der Waals surface area contributed by atoms with Crippen molar-refractivity contribution in [1.29, 1.82) is 0 Å². The highest BCUT2D eigenvalue weighted by Crippen LogP contribution is 2.28. The van der Waals surface area contributed by atoms with Gasteiger partial charge in [0.2, 0.25) is 0 Å². The predicted octanol–water partition coefficient (Wildman–Crippen LogP) is 9.32. The van der Waals surface area contributed by atoms with Crippen LogP contribution < -0.4 is 5.32 Å². The van der Waals surface area contributed by atoms with Crippen LogP contribution in [-0.4, -0.2) is 6.04 Å². The maximum atomic E-state index is 6.21. The van der Waals surface area contributed by atoms with Gasteiger partial charge in [-0.3, -0.25) is 0 Å². The summed E-state index contributed by atoms with van der Waals surface area (Å²) < 4.78 is 0. The molecule has 0 amide bonds. The average molecular weight is 511 g/mol. The van der Waals surface area contributed by atoms with Gasteiger partial charge < -0.3 is 5.32 Å². The van der Waals surface area contributed by atoms with E-state index in [4.69, 9.17) is 23.2 Å². The first-order chi connectivity index (χ1) is 17.5. The van der Waals surface area contributed by atoms with Crippen molar-refractivity contribution >= 4 is 34.0 Å². The molecule has 36 heavy (non-hydrogen) atoms. The van der Waals surface area contributed by atoms with E-state index in [-0.39, 0.29) is 6.04 Å². The van der Waals surface area contributed by atoms with Crippen molar-refractivity contribution in [2.24, 2.45) is 0 Å². The Bertz CT molecular complexity index is 1420. The van der Waals surface area contributed by atoms with Gasteiger partial charge in [0.15, 0.2) is 0 Å². The van der Waals surface area contributed by atoms with Gasteiger partial charge >= 0.3 is 0 Å². The lowest BCUT2D eigenvalue weighted by molar-refractivity contribution is 0.455. The normalized spacial score (nSPS) is 13.0. The third kappa shape index (κ3) is 5.99. The van der Waals surface area contributed by atoms with Crippen molar-refractivity contribution < 1.29 is 0 Å². The van der Waals surface area contributed by atoms with Gasteiger partial charge in [-0.15, -0.1) is 0 Å². The summed E-state index contributed by atoms with van der Waals surface area (Å²) in [5, 5.41) is 7.87. The zero-order valence-corrected chi connectivity index (χ0v) is 21.8. The van der Waals surface area contributed by atoms with Crippen molar-refractivity contribution in [2.45, 2.75) is 31.8 Å². The van der Waals surface area contributed by atoms with Gasteiger partial charge in [-0.1, -0.05) is 108 Å². The molecule has 2 unspecified atom stereocenters. The Kier molecular flexibility index (Phi) is 7.72. The van der Waals surface area contributed by atoms with Crippen LogP contribution >= 0.6 is 23.2 Å². The Hall–Kier alpha value is -3.10. The average Bonchev–Trinajstić information content (AvgIpc) is 2.92. The Morgan fingerprint density at radius 2 is 1.17 bits per heavy atom. The van der Waals surface area contributed by atoms with Gasteiger partial charge in [-0.25, -0.2) is 0 Å². The maximum Gasteiger partial charge on any atom is 0.0406 e. The summed E-state index contributed by atoms with van der Waals surface area (Å²) in [6.07, 6.45) is 0.939. The minimum absolute atomic E-state index is 0.272. The van der Waals surface area contributed by atoms with E-state index in [9.17, 15) is 0 Å². The lowest BCUT2D eigenvalue weighted by atomic mass is 9.86. The van der Waals surface area contributed by atoms with Crippen molar-refractivity contribution in [3.8, 4) is 11.1 Å². The van der Waals surface area contributed by atoms with Gasteiger partial charge in [0, 0.05) is 28.5 Å². The van der Waals surface area contributed by atoms with Crippen LogP contribution in [0.15, 0.2) is 115 Å². The van der Waals surface area contributed by atoms with Gasteiger partial charge in [-0.2, -0.15) is 0 Å². The van der Waals surface area contributed by atoms with Gasteiger partial charge in [-0.05, 0) is 82.3 Å². The summed E-state index contributed by atoms with van der Waals surface area (Å²) in [5.74, 6) is 0.309. The van der Waals surface area contributed by atoms with E-state index in [1.807, 2.05) is 24.3 Å². The van der Waals surface area contributed by atoms with Gasteiger partial charge in [0.25, 0.3) is 0 Å². The number of rotatable bonds is 8. The molecule has 0 aliphatic carbocycles. The number of halogens is 2. The molecule has 0 saturated heterocycles. The fraction of sp³-hybridized carbons (Fsp3) is 0.152. The smallest absolute Gasteiger partial charge is 0.0406 e. The minimum atomic E-state index is 0.272. The summed E-state index contributed by atoms with van der Waals surface area (Å²) in [6, 6.07) is 40.6. The summed E-state index contributed by atoms with van der Waals surface area (Å²) in [6.45, 7) is 3.11. The molecular weight excluding hydrogens is 481 g/mol. The van der Waals surface area contributed by atoms with Crippen LogP contribution in [0.25, 0.3) is 21.9 Å². The lowest BCUT2D eigenvalue weighted by Gasteiger charge is -2.26. The van der Waals surface area contributed by atoms with Crippen molar-refractivity contribution in [3.63, 3.8) is 0 Å². The third-order valence-electron chi connectivity index (χ3n) is 6.93. The molecule has 0 aromatic heterocycles. The number of benzene rings is 5. The molecule has 0 spiro atoms. The maximum absolute atomic E-state index is 6.21. The largest absolute Gasteiger partial charge is 0.310 e. The van der Waals surface area contributed by atoms with Crippen LogP contribution in [-0.2, 0) is 13.0 Å². The van der Waals surface area contributed by atoms with Crippen LogP contribution in [0.5, 0.6) is 0 Å². The monoisotopic (exact) mass is 509 g/mol. The molecule has 0 aliphatic heterocycles. The topological polar surface area (TPSA) is 12.0 Å². The molecule has 0 aliphatic rings. The van der Waals surface area contributed by atoms with E-state index in [1.165, 1.54) is 38.6 Å². The molecule has 5 rings (SSSR count). The molecule has 0 heterocycles. The SMILES string of the molecule is CC(NCc1ccc2ccccc2c1)C(Cc1ccc(-c2ccc(Cl)cc2)cc1)c1ccc(Cl)cc1.